The summed E-state index contributed by atoms with van der Waals surface area (Å²) in [4.78, 5) is 10.5. The molecule has 0 aromatic carbocycles. The van der Waals surface area contributed by atoms with Gasteiger partial charge in [0.05, 0.1) is 0 Å². The van der Waals surface area contributed by atoms with Gasteiger partial charge in [0.1, 0.15) is 0 Å². The zero-order chi connectivity index (χ0) is 9.68. The predicted molar refractivity (Wildman–Crippen MR) is 53.3 cm³/mol. The second kappa shape index (κ2) is 5.10. The van der Waals surface area contributed by atoms with E-state index in [1.54, 1.807) is 0 Å². The van der Waals surface area contributed by atoms with Gasteiger partial charge in [-0.25, -0.2) is 4.79 Å². The predicted octanol–water partition coefficient (Wildman–Crippen LogP) is 1.87. The molecule has 76 valence electrons. The molecule has 0 aromatic heterocycles. The maximum Gasteiger partial charge on any atom is 0.312 e. The highest BCUT2D eigenvalue weighted by Gasteiger charge is 2.19. The van der Waals surface area contributed by atoms with Gasteiger partial charge in [-0.05, 0) is 24.7 Å². The molecule has 3 nitrogen and oxygen atoms in total. The summed E-state index contributed by atoms with van der Waals surface area (Å²) in [5.74, 6) is 1.58. The lowest BCUT2D eigenvalue weighted by atomic mass is 9.81. The lowest BCUT2D eigenvalue weighted by Crippen LogP contribution is -2.34. The van der Waals surface area contributed by atoms with Gasteiger partial charge in [-0.2, -0.15) is 0 Å². The maximum atomic E-state index is 10.5. The van der Waals surface area contributed by atoms with Gasteiger partial charge in [0, 0.05) is 6.54 Å². The number of nitrogens with two attached hydrogens (primary N) is 1. The van der Waals surface area contributed by atoms with Gasteiger partial charge in [0.25, 0.3) is 0 Å². The Bertz CT molecular complexity index is 162. The number of hydrogen-bond donors (Lipinski definition) is 2. The molecule has 0 aliphatic heterocycles. The van der Waals surface area contributed by atoms with E-state index < -0.39 is 6.03 Å². The summed E-state index contributed by atoms with van der Waals surface area (Å²) in [6.07, 6.45) is 6.44. The topological polar surface area (TPSA) is 55.1 Å². The minimum atomic E-state index is -0.391. The summed E-state index contributed by atoms with van der Waals surface area (Å²) < 4.78 is 0. The molecule has 13 heavy (non-hydrogen) atoms. The molecule has 3 heteroatoms. The molecule has 1 rings (SSSR count). The van der Waals surface area contributed by atoms with Crippen molar-refractivity contribution < 1.29 is 4.79 Å². The van der Waals surface area contributed by atoms with E-state index in [-0.39, 0.29) is 0 Å². The molecular weight excluding hydrogens is 164 g/mol. The Balaban J connectivity index is 2.14. The standard InChI is InChI=1S/C10H20N2O/c1-2-8-3-5-9(6-4-8)7-12-10(11)13/h8-9H,2-7H2,1H3,(H3,11,12,13). The average Bonchev–Trinajstić information content (AvgIpc) is 2.15. The van der Waals surface area contributed by atoms with Crippen molar-refractivity contribution in [3.8, 4) is 0 Å². The maximum absolute atomic E-state index is 10.5. The summed E-state index contributed by atoms with van der Waals surface area (Å²) in [5, 5.41) is 2.69. The fourth-order valence-corrected chi connectivity index (χ4v) is 2.09. The normalized spacial score (nSPS) is 28.4. The second-order valence-corrected chi connectivity index (χ2v) is 4.04. The van der Waals surface area contributed by atoms with Crippen LogP contribution in [0.2, 0.25) is 0 Å². The molecule has 0 unspecified atom stereocenters. The van der Waals surface area contributed by atoms with Crippen LogP contribution < -0.4 is 11.1 Å². The van der Waals surface area contributed by atoms with E-state index in [1.807, 2.05) is 0 Å². The summed E-state index contributed by atoms with van der Waals surface area (Å²) >= 11 is 0. The Morgan fingerprint density at radius 2 is 1.85 bits per heavy atom. The number of rotatable bonds is 3. The molecule has 1 saturated carbocycles. The third kappa shape index (κ3) is 3.66. The molecule has 1 fully saturated rings. The van der Waals surface area contributed by atoms with Gasteiger partial charge in [0.15, 0.2) is 0 Å². The Morgan fingerprint density at radius 1 is 1.31 bits per heavy atom. The first-order chi connectivity index (χ1) is 6.22. The molecule has 0 radical (unpaired) electrons. The van der Waals surface area contributed by atoms with Crippen LogP contribution in [0, 0.1) is 11.8 Å². The number of carbonyl (C=O) groups excluding carboxylic acids is 1. The van der Waals surface area contributed by atoms with Crippen LogP contribution in [0.1, 0.15) is 39.0 Å². The molecule has 2 amide bonds. The van der Waals surface area contributed by atoms with Gasteiger partial charge in [0.2, 0.25) is 0 Å². The van der Waals surface area contributed by atoms with E-state index in [2.05, 4.69) is 12.2 Å². The van der Waals surface area contributed by atoms with Crippen molar-refractivity contribution in [3.63, 3.8) is 0 Å². The molecule has 0 saturated heterocycles. The van der Waals surface area contributed by atoms with E-state index in [4.69, 9.17) is 5.73 Å². The summed E-state index contributed by atoms with van der Waals surface area (Å²) in [7, 11) is 0. The quantitative estimate of drug-likeness (QED) is 0.691. The van der Waals surface area contributed by atoms with Crippen LogP contribution >= 0.6 is 0 Å². The van der Waals surface area contributed by atoms with Gasteiger partial charge in [-0.15, -0.1) is 0 Å². The summed E-state index contributed by atoms with van der Waals surface area (Å²) in [6, 6.07) is -0.391. The van der Waals surface area contributed by atoms with Gasteiger partial charge in [-0.3, -0.25) is 0 Å². The highest BCUT2D eigenvalue weighted by Crippen LogP contribution is 2.29. The van der Waals surface area contributed by atoms with Gasteiger partial charge in [-0.1, -0.05) is 26.2 Å². The Labute approximate surface area is 80.1 Å². The van der Waals surface area contributed by atoms with Crippen molar-refractivity contribution in [2.24, 2.45) is 17.6 Å². The zero-order valence-electron chi connectivity index (χ0n) is 8.38. The minimum absolute atomic E-state index is 0.391. The largest absolute Gasteiger partial charge is 0.352 e. The number of hydrogen-bond acceptors (Lipinski definition) is 1. The van der Waals surface area contributed by atoms with E-state index >= 15 is 0 Å². The van der Waals surface area contributed by atoms with E-state index in [0.717, 1.165) is 12.5 Å². The zero-order valence-corrected chi connectivity index (χ0v) is 8.38. The average molecular weight is 184 g/mol. The van der Waals surface area contributed by atoms with Gasteiger partial charge >= 0.3 is 6.03 Å². The Morgan fingerprint density at radius 3 is 2.31 bits per heavy atom. The number of primary amides is 1. The number of urea groups is 1. The number of nitrogens with one attached hydrogen (secondary N) is 1. The molecule has 3 N–H and O–H groups in total. The number of amides is 2. The molecular formula is C10H20N2O. The Kier molecular flexibility index (Phi) is 4.06. The molecule has 0 spiro atoms. The molecule has 0 atom stereocenters. The monoisotopic (exact) mass is 184 g/mol. The Hall–Kier alpha value is -0.730. The van der Waals surface area contributed by atoms with E-state index in [9.17, 15) is 4.79 Å². The van der Waals surface area contributed by atoms with Crippen molar-refractivity contribution in [1.29, 1.82) is 0 Å². The third-order valence-electron chi connectivity index (χ3n) is 3.11. The van der Waals surface area contributed by atoms with Crippen LogP contribution in [0.25, 0.3) is 0 Å². The first-order valence-electron chi connectivity index (χ1n) is 5.25. The molecule has 0 bridgehead atoms. The van der Waals surface area contributed by atoms with Crippen LogP contribution in [0.3, 0.4) is 0 Å². The highest BCUT2D eigenvalue weighted by molar-refractivity contribution is 5.71. The summed E-state index contributed by atoms with van der Waals surface area (Å²) in [5.41, 5.74) is 5.01. The molecule has 1 aliphatic carbocycles. The third-order valence-corrected chi connectivity index (χ3v) is 3.11. The van der Waals surface area contributed by atoms with Crippen molar-refractivity contribution in [3.05, 3.63) is 0 Å². The second-order valence-electron chi connectivity index (χ2n) is 4.04. The van der Waals surface area contributed by atoms with Crippen molar-refractivity contribution >= 4 is 6.03 Å². The minimum Gasteiger partial charge on any atom is -0.352 e. The van der Waals surface area contributed by atoms with Gasteiger partial charge < -0.3 is 11.1 Å². The lowest BCUT2D eigenvalue weighted by molar-refractivity contribution is 0.236. The lowest BCUT2D eigenvalue weighted by Gasteiger charge is -2.27. The van der Waals surface area contributed by atoms with Crippen molar-refractivity contribution in [2.75, 3.05) is 6.54 Å². The smallest absolute Gasteiger partial charge is 0.312 e. The first kappa shape index (κ1) is 10.4. The van der Waals surface area contributed by atoms with Crippen LogP contribution in [0.5, 0.6) is 0 Å². The molecule has 0 heterocycles. The fourth-order valence-electron chi connectivity index (χ4n) is 2.09. The highest BCUT2D eigenvalue weighted by atomic mass is 16.2. The summed E-state index contributed by atoms with van der Waals surface area (Å²) in [6.45, 7) is 3.03. The SMILES string of the molecule is CCC1CCC(CNC(N)=O)CC1. The van der Waals surface area contributed by atoms with Crippen LogP contribution in [0.15, 0.2) is 0 Å². The number of carbonyl (C=O) groups is 1. The van der Waals surface area contributed by atoms with Crippen LogP contribution in [0.4, 0.5) is 4.79 Å². The molecule has 0 aromatic rings. The van der Waals surface area contributed by atoms with Crippen LogP contribution in [-0.4, -0.2) is 12.6 Å². The first-order valence-corrected chi connectivity index (χ1v) is 5.25. The van der Waals surface area contributed by atoms with Crippen LogP contribution in [-0.2, 0) is 0 Å². The van der Waals surface area contributed by atoms with Crippen molar-refractivity contribution in [2.45, 2.75) is 39.0 Å². The van der Waals surface area contributed by atoms with Crippen molar-refractivity contribution in [1.82, 2.24) is 5.32 Å². The van der Waals surface area contributed by atoms with E-state index in [0.29, 0.717) is 5.92 Å². The van der Waals surface area contributed by atoms with E-state index in [1.165, 1.54) is 32.1 Å². The fraction of sp³-hybridized carbons (Fsp3) is 0.900. The molecule has 1 aliphatic rings.